The first-order valence-electron chi connectivity index (χ1n) is 6.54. The van der Waals surface area contributed by atoms with Crippen LogP contribution in [0, 0.1) is 0 Å². The summed E-state index contributed by atoms with van der Waals surface area (Å²) in [6.45, 7) is 4.04. The van der Waals surface area contributed by atoms with Crippen LogP contribution in [0.5, 0.6) is 5.75 Å². The monoisotopic (exact) mass is 330 g/mol. The predicted molar refractivity (Wildman–Crippen MR) is 84.1 cm³/mol. The minimum absolute atomic E-state index is 0.187. The number of rotatable bonds is 3. The van der Waals surface area contributed by atoms with Crippen molar-refractivity contribution in [2.75, 3.05) is 0 Å². The summed E-state index contributed by atoms with van der Waals surface area (Å²) in [5.74, 6) is 0.883. The lowest BCUT2D eigenvalue weighted by Crippen LogP contribution is -2.05. The molecule has 0 unspecified atom stereocenters. The van der Waals surface area contributed by atoms with Gasteiger partial charge in [0.2, 0.25) is 0 Å². The van der Waals surface area contributed by atoms with Gasteiger partial charge in [-0.1, -0.05) is 0 Å². The van der Waals surface area contributed by atoms with E-state index in [4.69, 9.17) is 4.74 Å². The van der Waals surface area contributed by atoms with Crippen LogP contribution >= 0.6 is 15.9 Å². The molecule has 102 valence electrons. The van der Waals surface area contributed by atoms with Crippen molar-refractivity contribution in [3.63, 3.8) is 0 Å². The number of hydrogen-bond acceptors (Lipinski definition) is 2. The van der Waals surface area contributed by atoms with Crippen molar-refractivity contribution in [3.05, 3.63) is 53.3 Å². The van der Waals surface area contributed by atoms with Gasteiger partial charge >= 0.3 is 0 Å². The highest BCUT2D eigenvalue weighted by Gasteiger charge is 2.07. The number of ether oxygens (including phenoxy) is 1. The molecule has 3 rings (SSSR count). The van der Waals surface area contributed by atoms with Gasteiger partial charge in [-0.15, -0.1) is 0 Å². The fourth-order valence-corrected chi connectivity index (χ4v) is 2.54. The van der Waals surface area contributed by atoms with Crippen LogP contribution in [0.1, 0.15) is 13.8 Å². The molecular weight excluding hydrogens is 316 g/mol. The van der Waals surface area contributed by atoms with Gasteiger partial charge in [0.1, 0.15) is 5.75 Å². The zero-order valence-electron chi connectivity index (χ0n) is 11.4. The zero-order chi connectivity index (χ0) is 14.1. The lowest BCUT2D eigenvalue weighted by Gasteiger charge is -2.09. The van der Waals surface area contributed by atoms with E-state index in [0.717, 1.165) is 27.1 Å². The van der Waals surface area contributed by atoms with E-state index in [2.05, 4.69) is 20.9 Å². The first-order valence-corrected chi connectivity index (χ1v) is 7.33. The van der Waals surface area contributed by atoms with Crippen LogP contribution in [0.4, 0.5) is 0 Å². The van der Waals surface area contributed by atoms with Gasteiger partial charge in [0.25, 0.3) is 0 Å². The van der Waals surface area contributed by atoms with Crippen molar-refractivity contribution >= 4 is 21.6 Å². The van der Waals surface area contributed by atoms with Gasteiger partial charge in [-0.2, -0.15) is 0 Å². The maximum Gasteiger partial charge on any atom is 0.151 e. The highest BCUT2D eigenvalue weighted by atomic mass is 79.9. The number of benzene rings is 1. The molecule has 0 fully saturated rings. The lowest BCUT2D eigenvalue weighted by atomic mass is 10.1. The molecule has 2 heterocycles. The van der Waals surface area contributed by atoms with Crippen molar-refractivity contribution in [1.82, 2.24) is 9.38 Å². The third-order valence-corrected chi connectivity index (χ3v) is 3.58. The number of halogens is 1. The molecule has 0 amide bonds. The van der Waals surface area contributed by atoms with Crippen LogP contribution in [0.3, 0.4) is 0 Å². The van der Waals surface area contributed by atoms with Crippen molar-refractivity contribution in [3.8, 4) is 17.0 Å². The van der Waals surface area contributed by atoms with E-state index in [1.807, 2.05) is 67.0 Å². The Hall–Kier alpha value is -1.81. The second-order valence-corrected chi connectivity index (χ2v) is 5.76. The number of aromatic nitrogens is 2. The van der Waals surface area contributed by atoms with Crippen LogP contribution in [-0.2, 0) is 0 Å². The topological polar surface area (TPSA) is 26.5 Å². The van der Waals surface area contributed by atoms with Crippen LogP contribution in [0.15, 0.2) is 53.3 Å². The van der Waals surface area contributed by atoms with E-state index in [0.29, 0.717) is 0 Å². The van der Waals surface area contributed by atoms with Crippen LogP contribution in [-0.4, -0.2) is 15.5 Å². The summed E-state index contributed by atoms with van der Waals surface area (Å²) in [5, 5.41) is 0. The Morgan fingerprint density at radius 3 is 2.55 bits per heavy atom. The average Bonchev–Trinajstić information content (AvgIpc) is 2.84. The fourth-order valence-electron chi connectivity index (χ4n) is 2.09. The molecule has 0 spiro atoms. The van der Waals surface area contributed by atoms with Gasteiger partial charge in [0, 0.05) is 18.0 Å². The van der Waals surface area contributed by atoms with E-state index in [9.17, 15) is 0 Å². The molecule has 0 aliphatic rings. The Morgan fingerprint density at radius 1 is 1.15 bits per heavy atom. The number of hydrogen-bond donors (Lipinski definition) is 0. The second kappa shape index (κ2) is 5.29. The molecule has 3 aromatic rings. The minimum atomic E-state index is 0.187. The Morgan fingerprint density at radius 2 is 1.90 bits per heavy atom. The zero-order valence-corrected chi connectivity index (χ0v) is 13.0. The van der Waals surface area contributed by atoms with Crippen LogP contribution < -0.4 is 4.74 Å². The van der Waals surface area contributed by atoms with E-state index in [-0.39, 0.29) is 6.10 Å². The third kappa shape index (κ3) is 2.56. The van der Waals surface area contributed by atoms with Gasteiger partial charge in [-0.3, -0.25) is 0 Å². The largest absolute Gasteiger partial charge is 0.491 e. The van der Waals surface area contributed by atoms with Gasteiger partial charge in [-0.25, -0.2) is 4.98 Å². The standard InChI is InChI=1S/C16H15BrN2O/c1-11(2)20-13-7-5-12(6-8-13)15-10-19-9-3-4-14(17)16(19)18-15/h3-11H,1-2H3. The Balaban J connectivity index is 1.96. The SMILES string of the molecule is CC(C)Oc1ccc(-c2cn3cccc(Br)c3n2)cc1. The summed E-state index contributed by atoms with van der Waals surface area (Å²) < 4.78 is 8.65. The first-order chi connectivity index (χ1) is 9.63. The van der Waals surface area contributed by atoms with Crippen molar-refractivity contribution in [1.29, 1.82) is 0 Å². The Kier molecular flexibility index (Phi) is 3.49. The third-order valence-electron chi connectivity index (χ3n) is 2.96. The smallest absolute Gasteiger partial charge is 0.151 e. The van der Waals surface area contributed by atoms with E-state index in [1.165, 1.54) is 0 Å². The predicted octanol–water partition coefficient (Wildman–Crippen LogP) is 4.55. The molecule has 1 aromatic carbocycles. The fraction of sp³-hybridized carbons (Fsp3) is 0.188. The summed E-state index contributed by atoms with van der Waals surface area (Å²) in [7, 11) is 0. The molecule has 0 bridgehead atoms. The maximum atomic E-state index is 5.65. The minimum Gasteiger partial charge on any atom is -0.491 e. The Bertz CT molecular complexity index is 732. The summed E-state index contributed by atoms with van der Waals surface area (Å²) in [4.78, 5) is 4.65. The van der Waals surface area contributed by atoms with Crippen molar-refractivity contribution < 1.29 is 4.74 Å². The maximum absolute atomic E-state index is 5.65. The number of fused-ring (bicyclic) bond motifs is 1. The molecule has 2 aromatic heterocycles. The molecule has 0 N–H and O–H groups in total. The van der Waals surface area contributed by atoms with Gasteiger partial charge in [0.05, 0.1) is 16.3 Å². The Labute approximate surface area is 126 Å². The quantitative estimate of drug-likeness (QED) is 0.704. The summed E-state index contributed by atoms with van der Waals surface area (Å²) >= 11 is 3.52. The van der Waals surface area contributed by atoms with Gasteiger partial charge in [-0.05, 0) is 66.2 Å². The summed E-state index contributed by atoms with van der Waals surface area (Å²) in [6, 6.07) is 12.0. The van der Waals surface area contributed by atoms with E-state index >= 15 is 0 Å². The number of pyridine rings is 1. The van der Waals surface area contributed by atoms with Gasteiger partial charge in [0.15, 0.2) is 5.65 Å². The highest BCUT2D eigenvalue weighted by molar-refractivity contribution is 9.10. The highest BCUT2D eigenvalue weighted by Crippen LogP contribution is 2.25. The van der Waals surface area contributed by atoms with Crippen LogP contribution in [0.2, 0.25) is 0 Å². The van der Waals surface area contributed by atoms with Gasteiger partial charge < -0.3 is 9.14 Å². The van der Waals surface area contributed by atoms with E-state index in [1.54, 1.807) is 0 Å². The molecule has 20 heavy (non-hydrogen) atoms. The van der Waals surface area contributed by atoms with Crippen LogP contribution in [0.25, 0.3) is 16.9 Å². The molecule has 0 saturated heterocycles. The second-order valence-electron chi connectivity index (χ2n) is 4.90. The number of nitrogens with zero attached hydrogens (tertiary/aromatic N) is 2. The molecule has 0 atom stereocenters. The number of imidazole rings is 1. The van der Waals surface area contributed by atoms with Crippen molar-refractivity contribution in [2.24, 2.45) is 0 Å². The molecule has 0 saturated carbocycles. The average molecular weight is 331 g/mol. The summed E-state index contributed by atoms with van der Waals surface area (Å²) in [6.07, 6.45) is 4.21. The molecule has 0 aliphatic carbocycles. The molecule has 0 radical (unpaired) electrons. The summed E-state index contributed by atoms with van der Waals surface area (Å²) in [5.41, 5.74) is 2.95. The molecular formula is C16H15BrN2O. The molecule has 3 nitrogen and oxygen atoms in total. The molecule has 0 aliphatic heterocycles. The molecule has 4 heteroatoms. The lowest BCUT2D eigenvalue weighted by molar-refractivity contribution is 0.242. The first kappa shape index (κ1) is 13.2. The van der Waals surface area contributed by atoms with Crippen molar-refractivity contribution in [2.45, 2.75) is 20.0 Å². The normalized spacial score (nSPS) is 11.2. The van der Waals surface area contributed by atoms with E-state index < -0.39 is 0 Å².